The van der Waals surface area contributed by atoms with Gasteiger partial charge in [-0.3, -0.25) is 4.90 Å². The van der Waals surface area contributed by atoms with Crippen molar-refractivity contribution >= 4 is 6.09 Å². The first-order chi connectivity index (χ1) is 11.2. The van der Waals surface area contributed by atoms with Gasteiger partial charge < -0.3 is 9.84 Å². The van der Waals surface area contributed by atoms with Crippen LogP contribution in [-0.4, -0.2) is 34.3 Å². The molecule has 1 fully saturated rings. The number of rotatable bonds is 9. The van der Waals surface area contributed by atoms with Crippen LogP contribution in [0.5, 0.6) is 0 Å². The summed E-state index contributed by atoms with van der Waals surface area (Å²) < 4.78 is 5.37. The van der Waals surface area contributed by atoms with Gasteiger partial charge in [0.15, 0.2) is 0 Å². The number of nitrogens with zero attached hydrogens (tertiary/aromatic N) is 1. The number of aliphatic hydroxyl groups excluding tert-OH is 1. The molecule has 4 heteroatoms. The first-order valence-electron chi connectivity index (χ1n) is 8.49. The lowest BCUT2D eigenvalue weighted by Gasteiger charge is -2.28. The average molecular weight is 317 g/mol. The highest BCUT2D eigenvalue weighted by molar-refractivity contribution is 5.71. The van der Waals surface area contributed by atoms with E-state index in [1.54, 1.807) is 11.0 Å². The van der Waals surface area contributed by atoms with Crippen LogP contribution in [0, 0.1) is 0 Å². The van der Waals surface area contributed by atoms with Gasteiger partial charge in [0.05, 0.1) is 6.10 Å². The minimum atomic E-state index is -0.593. The standard InChI is InChI=1S/C19H27NO3/c1-3-5-6-10-13-16(21)18-17(4-2)23-19(22)20(18)14-15-11-8-7-9-12-15/h4,7-9,11-12,16-18,21H,2-3,5-6,10,13-14H2,1H3/t16-,17-,18+/m0/s1. The number of aliphatic hydroxyl groups is 1. The molecule has 1 aliphatic heterocycles. The van der Waals surface area contributed by atoms with E-state index in [9.17, 15) is 9.90 Å². The molecule has 1 aromatic carbocycles. The summed E-state index contributed by atoms with van der Waals surface area (Å²) in [4.78, 5) is 13.8. The van der Waals surface area contributed by atoms with Crippen molar-refractivity contribution in [1.29, 1.82) is 0 Å². The van der Waals surface area contributed by atoms with Crippen LogP contribution in [0.1, 0.15) is 44.6 Å². The fourth-order valence-corrected chi connectivity index (χ4v) is 3.07. The fourth-order valence-electron chi connectivity index (χ4n) is 3.07. The van der Waals surface area contributed by atoms with E-state index in [0.29, 0.717) is 13.0 Å². The molecule has 0 saturated carbocycles. The van der Waals surface area contributed by atoms with Crippen LogP contribution in [0.3, 0.4) is 0 Å². The number of carbonyl (C=O) groups excluding carboxylic acids is 1. The van der Waals surface area contributed by atoms with E-state index < -0.39 is 12.2 Å². The molecular weight excluding hydrogens is 290 g/mol. The lowest BCUT2D eigenvalue weighted by Crippen LogP contribution is -2.44. The van der Waals surface area contributed by atoms with E-state index in [2.05, 4.69) is 13.5 Å². The summed E-state index contributed by atoms with van der Waals surface area (Å²) >= 11 is 0. The first-order valence-corrected chi connectivity index (χ1v) is 8.49. The second kappa shape index (κ2) is 8.73. The molecule has 4 nitrogen and oxygen atoms in total. The van der Waals surface area contributed by atoms with Gasteiger partial charge in [0.1, 0.15) is 12.1 Å². The molecule has 1 heterocycles. The summed E-state index contributed by atoms with van der Waals surface area (Å²) in [6, 6.07) is 9.41. The van der Waals surface area contributed by atoms with E-state index in [-0.39, 0.29) is 12.1 Å². The van der Waals surface area contributed by atoms with Gasteiger partial charge >= 0.3 is 6.09 Å². The maximum atomic E-state index is 12.2. The Morgan fingerprint density at radius 3 is 2.70 bits per heavy atom. The number of carbonyl (C=O) groups is 1. The Labute approximate surface area is 138 Å². The molecule has 3 atom stereocenters. The lowest BCUT2D eigenvalue weighted by molar-refractivity contribution is 0.0600. The summed E-state index contributed by atoms with van der Waals surface area (Å²) in [6.45, 7) is 6.35. The van der Waals surface area contributed by atoms with Crippen LogP contribution >= 0.6 is 0 Å². The molecule has 2 rings (SSSR count). The van der Waals surface area contributed by atoms with E-state index >= 15 is 0 Å². The van der Waals surface area contributed by atoms with Gasteiger partial charge in [0.25, 0.3) is 0 Å². The second-order valence-electron chi connectivity index (χ2n) is 6.10. The topological polar surface area (TPSA) is 49.8 Å². The molecule has 0 bridgehead atoms. The smallest absolute Gasteiger partial charge is 0.411 e. The zero-order valence-corrected chi connectivity index (χ0v) is 13.9. The molecule has 1 aromatic rings. The van der Waals surface area contributed by atoms with Crippen molar-refractivity contribution in [3.05, 3.63) is 48.6 Å². The Balaban J connectivity index is 2.04. The summed E-state index contributed by atoms with van der Waals surface area (Å²) in [5.74, 6) is 0. The zero-order chi connectivity index (χ0) is 16.7. The fraction of sp³-hybridized carbons (Fsp3) is 0.526. The lowest BCUT2D eigenvalue weighted by atomic mass is 9.98. The van der Waals surface area contributed by atoms with Crippen molar-refractivity contribution in [3.8, 4) is 0 Å². The quantitative estimate of drug-likeness (QED) is 0.555. The average Bonchev–Trinajstić information content (AvgIpc) is 2.88. The highest BCUT2D eigenvalue weighted by Gasteiger charge is 2.43. The molecule has 0 spiro atoms. The van der Waals surface area contributed by atoms with Crippen molar-refractivity contribution in [2.24, 2.45) is 0 Å². The maximum absolute atomic E-state index is 12.2. The van der Waals surface area contributed by atoms with Gasteiger partial charge in [-0.1, -0.05) is 69.5 Å². The van der Waals surface area contributed by atoms with Crippen molar-refractivity contribution in [3.63, 3.8) is 0 Å². The van der Waals surface area contributed by atoms with Crippen LogP contribution in [0.15, 0.2) is 43.0 Å². The van der Waals surface area contributed by atoms with Crippen LogP contribution in [0.25, 0.3) is 0 Å². The van der Waals surface area contributed by atoms with Gasteiger partial charge in [-0.25, -0.2) is 4.79 Å². The molecule has 23 heavy (non-hydrogen) atoms. The third-order valence-electron chi connectivity index (χ3n) is 4.34. The molecule has 126 valence electrons. The third-order valence-corrected chi connectivity index (χ3v) is 4.34. The number of ether oxygens (including phenoxy) is 1. The van der Waals surface area contributed by atoms with E-state index in [1.807, 2.05) is 30.3 Å². The molecule has 0 unspecified atom stereocenters. The van der Waals surface area contributed by atoms with Gasteiger partial charge in [0, 0.05) is 6.54 Å². The molecule has 0 aromatic heterocycles. The molecule has 1 amide bonds. The molecule has 1 saturated heterocycles. The summed E-state index contributed by atoms with van der Waals surface area (Å²) in [7, 11) is 0. The highest BCUT2D eigenvalue weighted by atomic mass is 16.6. The maximum Gasteiger partial charge on any atom is 0.411 e. The number of unbranched alkanes of at least 4 members (excludes halogenated alkanes) is 3. The second-order valence-corrected chi connectivity index (χ2v) is 6.10. The largest absolute Gasteiger partial charge is 0.440 e. The van der Waals surface area contributed by atoms with Gasteiger partial charge in [-0.05, 0) is 18.1 Å². The Morgan fingerprint density at radius 1 is 1.30 bits per heavy atom. The van der Waals surface area contributed by atoms with Crippen LogP contribution < -0.4 is 0 Å². The number of cyclic esters (lactones) is 1. The van der Waals surface area contributed by atoms with Gasteiger partial charge in [-0.15, -0.1) is 0 Å². The molecular formula is C19H27NO3. The number of amides is 1. The third kappa shape index (κ3) is 4.58. The van der Waals surface area contributed by atoms with Crippen LogP contribution in [0.4, 0.5) is 4.79 Å². The van der Waals surface area contributed by atoms with E-state index in [0.717, 1.165) is 24.8 Å². The van der Waals surface area contributed by atoms with E-state index in [4.69, 9.17) is 4.74 Å². The molecule has 0 aliphatic carbocycles. The summed E-state index contributed by atoms with van der Waals surface area (Å²) in [6.07, 6.45) is 5.27. The number of benzene rings is 1. The Kier molecular flexibility index (Phi) is 6.66. The predicted molar refractivity (Wildman–Crippen MR) is 91.0 cm³/mol. The SMILES string of the molecule is C=C[C@@H]1OC(=O)N(Cc2ccccc2)[C@@H]1[C@@H](O)CCCCCC. The summed E-state index contributed by atoms with van der Waals surface area (Å²) in [5, 5.41) is 10.6. The molecule has 0 radical (unpaired) electrons. The monoisotopic (exact) mass is 317 g/mol. The van der Waals surface area contributed by atoms with Crippen molar-refractivity contribution < 1.29 is 14.6 Å². The van der Waals surface area contributed by atoms with Crippen molar-refractivity contribution in [2.75, 3.05) is 0 Å². The Hall–Kier alpha value is -1.81. The molecule has 1 aliphatic rings. The normalized spacial score (nSPS) is 22.0. The molecule has 1 N–H and O–H groups in total. The Morgan fingerprint density at radius 2 is 2.04 bits per heavy atom. The van der Waals surface area contributed by atoms with Gasteiger partial charge in [-0.2, -0.15) is 0 Å². The highest BCUT2D eigenvalue weighted by Crippen LogP contribution is 2.27. The summed E-state index contributed by atoms with van der Waals surface area (Å²) in [5.41, 5.74) is 1.03. The zero-order valence-electron chi connectivity index (χ0n) is 13.9. The minimum Gasteiger partial charge on any atom is -0.440 e. The number of hydrogen-bond donors (Lipinski definition) is 1. The van der Waals surface area contributed by atoms with Crippen molar-refractivity contribution in [1.82, 2.24) is 4.90 Å². The predicted octanol–water partition coefficient (Wildman–Crippen LogP) is 3.89. The first kappa shape index (κ1) is 17.5. The number of hydrogen-bond acceptors (Lipinski definition) is 3. The van der Waals surface area contributed by atoms with Crippen LogP contribution in [-0.2, 0) is 11.3 Å². The van der Waals surface area contributed by atoms with Crippen LogP contribution in [0.2, 0.25) is 0 Å². The van der Waals surface area contributed by atoms with Crippen molar-refractivity contribution in [2.45, 2.75) is 63.8 Å². The van der Waals surface area contributed by atoms with E-state index in [1.165, 1.54) is 6.42 Å². The Bertz CT molecular complexity index is 503. The minimum absolute atomic E-state index is 0.359. The van der Waals surface area contributed by atoms with Gasteiger partial charge in [0.2, 0.25) is 0 Å².